The Morgan fingerprint density at radius 2 is 1.67 bits per heavy atom. The molecule has 1 atom stereocenters. The summed E-state index contributed by atoms with van der Waals surface area (Å²) in [4.78, 5) is 3.80. The number of aromatic nitrogens is 1. The van der Waals surface area contributed by atoms with Gasteiger partial charge in [0.1, 0.15) is 11.4 Å². The summed E-state index contributed by atoms with van der Waals surface area (Å²) in [6, 6.07) is 7.05. The molecule has 0 aliphatic rings. The van der Waals surface area contributed by atoms with Crippen molar-refractivity contribution in [3.8, 4) is 0 Å². The molecule has 2 nitrogen and oxygen atoms in total. The monoisotopic (exact) mass is 299 g/mol. The summed E-state index contributed by atoms with van der Waals surface area (Å²) in [6.45, 7) is 1.48. The van der Waals surface area contributed by atoms with Gasteiger partial charge in [-0.2, -0.15) is 13.2 Å². The molecule has 21 heavy (non-hydrogen) atoms. The molecule has 0 fully saturated rings. The summed E-state index contributed by atoms with van der Waals surface area (Å²) >= 11 is 0. The number of hydrogen-bond acceptors (Lipinski definition) is 2. The van der Waals surface area contributed by atoms with Gasteiger partial charge in [0.05, 0.1) is 17.5 Å². The van der Waals surface area contributed by atoms with Crippen molar-refractivity contribution in [1.82, 2.24) is 4.98 Å². The minimum absolute atomic E-state index is 0.0732. The standard InChI is InChI=1S/C15H13F4NO/c1-14(21,13-7-6-12(16)9-20-13)8-10-2-4-11(5-3-10)15(17,18)19/h2-7,9,21H,8H2,1H3. The highest BCUT2D eigenvalue weighted by Crippen LogP contribution is 2.30. The van der Waals surface area contributed by atoms with Crippen molar-refractivity contribution < 1.29 is 22.7 Å². The number of aliphatic hydroxyl groups is 1. The lowest BCUT2D eigenvalue weighted by molar-refractivity contribution is -0.137. The lowest BCUT2D eigenvalue weighted by atomic mass is 9.92. The predicted octanol–water partition coefficient (Wildman–Crippen LogP) is 3.69. The third-order valence-electron chi connectivity index (χ3n) is 3.11. The molecule has 1 aromatic carbocycles. The van der Waals surface area contributed by atoms with Crippen molar-refractivity contribution in [3.63, 3.8) is 0 Å². The lowest BCUT2D eigenvalue weighted by Crippen LogP contribution is -2.25. The van der Waals surface area contributed by atoms with Crippen LogP contribution in [-0.2, 0) is 18.2 Å². The largest absolute Gasteiger partial charge is 0.416 e. The summed E-state index contributed by atoms with van der Waals surface area (Å²) in [6.07, 6.45) is -3.33. The second kappa shape index (κ2) is 5.44. The van der Waals surface area contributed by atoms with E-state index in [1.54, 1.807) is 0 Å². The summed E-state index contributed by atoms with van der Waals surface area (Å²) in [5.74, 6) is -0.524. The number of benzene rings is 1. The van der Waals surface area contributed by atoms with Gasteiger partial charge in [0.15, 0.2) is 0 Å². The molecule has 112 valence electrons. The first kappa shape index (κ1) is 15.4. The highest BCUT2D eigenvalue weighted by atomic mass is 19.4. The molecule has 1 unspecified atom stereocenters. The van der Waals surface area contributed by atoms with Crippen molar-refractivity contribution in [2.75, 3.05) is 0 Å². The highest BCUT2D eigenvalue weighted by molar-refractivity contribution is 5.27. The third kappa shape index (κ3) is 3.78. The Morgan fingerprint density at radius 3 is 2.14 bits per heavy atom. The van der Waals surface area contributed by atoms with Gasteiger partial charge in [-0.25, -0.2) is 4.39 Å². The van der Waals surface area contributed by atoms with Gasteiger partial charge in [0, 0.05) is 6.42 Å². The van der Waals surface area contributed by atoms with Crippen LogP contribution in [0.1, 0.15) is 23.7 Å². The van der Waals surface area contributed by atoms with E-state index >= 15 is 0 Å². The predicted molar refractivity (Wildman–Crippen MR) is 68.9 cm³/mol. The number of pyridine rings is 1. The molecular weight excluding hydrogens is 286 g/mol. The van der Waals surface area contributed by atoms with E-state index in [1.165, 1.54) is 31.2 Å². The number of rotatable bonds is 3. The minimum Gasteiger partial charge on any atom is -0.383 e. The van der Waals surface area contributed by atoms with E-state index in [4.69, 9.17) is 0 Å². The van der Waals surface area contributed by atoms with E-state index in [1.807, 2.05) is 0 Å². The second-order valence-electron chi connectivity index (χ2n) is 5.01. The topological polar surface area (TPSA) is 33.1 Å². The lowest BCUT2D eigenvalue weighted by Gasteiger charge is -2.23. The fourth-order valence-electron chi connectivity index (χ4n) is 1.99. The van der Waals surface area contributed by atoms with Crippen molar-refractivity contribution in [3.05, 3.63) is 65.2 Å². The smallest absolute Gasteiger partial charge is 0.383 e. The van der Waals surface area contributed by atoms with Gasteiger partial charge >= 0.3 is 6.18 Å². The molecule has 0 saturated heterocycles. The average molecular weight is 299 g/mol. The van der Waals surface area contributed by atoms with Crippen LogP contribution >= 0.6 is 0 Å². The third-order valence-corrected chi connectivity index (χ3v) is 3.11. The van der Waals surface area contributed by atoms with Crippen molar-refractivity contribution >= 4 is 0 Å². The van der Waals surface area contributed by atoms with Gasteiger partial charge < -0.3 is 5.11 Å². The molecule has 0 bridgehead atoms. The van der Waals surface area contributed by atoms with E-state index < -0.39 is 23.2 Å². The molecule has 0 aliphatic carbocycles. The molecule has 0 spiro atoms. The normalized spacial score (nSPS) is 14.8. The van der Waals surface area contributed by atoms with Gasteiger partial charge in [-0.3, -0.25) is 4.98 Å². The molecule has 0 aliphatic heterocycles. The highest BCUT2D eigenvalue weighted by Gasteiger charge is 2.30. The Labute approximate surface area is 119 Å². The molecule has 2 rings (SSSR count). The molecule has 6 heteroatoms. The molecule has 0 amide bonds. The summed E-state index contributed by atoms with van der Waals surface area (Å²) in [7, 11) is 0. The molecule has 0 saturated carbocycles. The molecular formula is C15H13F4NO. The van der Waals surface area contributed by atoms with Crippen LogP contribution in [0.4, 0.5) is 17.6 Å². The molecule has 1 heterocycles. The average Bonchev–Trinajstić information content (AvgIpc) is 2.38. The minimum atomic E-state index is -4.39. The van der Waals surface area contributed by atoms with E-state index in [0.29, 0.717) is 5.56 Å². The summed E-state index contributed by atoms with van der Waals surface area (Å²) < 4.78 is 50.2. The van der Waals surface area contributed by atoms with E-state index in [0.717, 1.165) is 18.3 Å². The van der Waals surface area contributed by atoms with Crippen LogP contribution in [0.5, 0.6) is 0 Å². The van der Waals surface area contributed by atoms with Crippen LogP contribution < -0.4 is 0 Å². The Morgan fingerprint density at radius 1 is 1.05 bits per heavy atom. The van der Waals surface area contributed by atoms with Crippen LogP contribution in [0, 0.1) is 5.82 Å². The fraction of sp³-hybridized carbons (Fsp3) is 0.267. The van der Waals surface area contributed by atoms with Crippen molar-refractivity contribution in [2.24, 2.45) is 0 Å². The summed E-state index contributed by atoms with van der Waals surface area (Å²) in [5, 5.41) is 10.4. The fourth-order valence-corrected chi connectivity index (χ4v) is 1.99. The Balaban J connectivity index is 2.18. The maximum absolute atomic E-state index is 12.8. The van der Waals surface area contributed by atoms with Crippen molar-refractivity contribution in [2.45, 2.75) is 25.1 Å². The molecule has 1 aromatic heterocycles. The van der Waals surface area contributed by atoms with E-state index in [9.17, 15) is 22.7 Å². The Bertz CT molecular complexity index is 603. The molecule has 1 N–H and O–H groups in total. The number of hydrogen-bond donors (Lipinski definition) is 1. The van der Waals surface area contributed by atoms with Crippen LogP contribution in [-0.4, -0.2) is 10.1 Å². The van der Waals surface area contributed by atoms with E-state index in [2.05, 4.69) is 4.98 Å². The molecule has 0 radical (unpaired) electrons. The van der Waals surface area contributed by atoms with Gasteiger partial charge in [-0.1, -0.05) is 12.1 Å². The molecule has 2 aromatic rings. The zero-order chi connectivity index (χ0) is 15.7. The first-order chi connectivity index (χ1) is 9.68. The Hall–Kier alpha value is -1.95. The van der Waals surface area contributed by atoms with Crippen LogP contribution in [0.15, 0.2) is 42.6 Å². The van der Waals surface area contributed by atoms with Gasteiger partial charge in [-0.05, 0) is 36.8 Å². The van der Waals surface area contributed by atoms with Gasteiger partial charge in [0.2, 0.25) is 0 Å². The first-order valence-corrected chi connectivity index (χ1v) is 6.19. The zero-order valence-electron chi connectivity index (χ0n) is 11.2. The number of alkyl halides is 3. The quantitative estimate of drug-likeness (QED) is 0.877. The maximum Gasteiger partial charge on any atom is 0.416 e. The second-order valence-corrected chi connectivity index (χ2v) is 5.01. The SMILES string of the molecule is CC(O)(Cc1ccc(C(F)(F)F)cc1)c1ccc(F)cn1. The Kier molecular flexibility index (Phi) is 4.00. The van der Waals surface area contributed by atoms with Crippen molar-refractivity contribution in [1.29, 1.82) is 0 Å². The van der Waals surface area contributed by atoms with E-state index in [-0.39, 0.29) is 12.1 Å². The number of halogens is 4. The summed E-state index contributed by atoms with van der Waals surface area (Å²) in [5.41, 5.74) is -1.36. The van der Waals surface area contributed by atoms with Gasteiger partial charge in [0.25, 0.3) is 0 Å². The van der Waals surface area contributed by atoms with Crippen LogP contribution in [0.2, 0.25) is 0 Å². The van der Waals surface area contributed by atoms with Crippen LogP contribution in [0.3, 0.4) is 0 Å². The van der Waals surface area contributed by atoms with Gasteiger partial charge in [-0.15, -0.1) is 0 Å². The zero-order valence-corrected chi connectivity index (χ0v) is 11.2. The maximum atomic E-state index is 12.8. The van der Waals surface area contributed by atoms with Crippen LogP contribution in [0.25, 0.3) is 0 Å². The first-order valence-electron chi connectivity index (χ1n) is 6.19. The number of nitrogens with zero attached hydrogens (tertiary/aromatic N) is 1.